The van der Waals surface area contributed by atoms with Crippen molar-refractivity contribution in [3.05, 3.63) is 59.7 Å². The van der Waals surface area contributed by atoms with Crippen LogP contribution in [-0.4, -0.2) is 19.4 Å². The van der Waals surface area contributed by atoms with Crippen LogP contribution in [-0.2, 0) is 16.4 Å². The Morgan fingerprint density at radius 3 is 2.71 bits per heavy atom. The van der Waals surface area contributed by atoms with Crippen molar-refractivity contribution >= 4 is 10.0 Å². The van der Waals surface area contributed by atoms with E-state index in [9.17, 15) is 12.8 Å². The summed E-state index contributed by atoms with van der Waals surface area (Å²) in [5.74, 6) is -0.752. The number of aryl methyl sites for hydroxylation is 1. The van der Waals surface area contributed by atoms with E-state index in [1.165, 1.54) is 12.1 Å². The highest BCUT2D eigenvalue weighted by Crippen LogP contribution is 2.16. The van der Waals surface area contributed by atoms with E-state index >= 15 is 0 Å². The van der Waals surface area contributed by atoms with E-state index in [1.54, 1.807) is 26.1 Å². The molecule has 0 fully saturated rings. The van der Waals surface area contributed by atoms with Crippen LogP contribution in [0.2, 0.25) is 0 Å². The molecule has 1 aromatic carbocycles. The monoisotopic (exact) mass is 308 g/mol. The molecule has 0 saturated carbocycles. The summed E-state index contributed by atoms with van der Waals surface area (Å²) in [6.07, 6.45) is 2.09. The molecule has 2 aromatic rings. The summed E-state index contributed by atoms with van der Waals surface area (Å²) in [5, 5.41) is 0. The first-order valence-electron chi connectivity index (χ1n) is 6.57. The number of pyridine rings is 1. The maximum Gasteiger partial charge on any atom is 0.243 e. The summed E-state index contributed by atoms with van der Waals surface area (Å²) < 4.78 is 40.7. The summed E-state index contributed by atoms with van der Waals surface area (Å²) in [6.45, 7) is 3.44. The van der Waals surface area contributed by atoms with Gasteiger partial charge in [-0.25, -0.2) is 17.5 Å². The van der Waals surface area contributed by atoms with Crippen molar-refractivity contribution in [2.75, 3.05) is 0 Å². The van der Waals surface area contributed by atoms with Crippen molar-refractivity contribution in [1.29, 1.82) is 0 Å². The van der Waals surface area contributed by atoms with Gasteiger partial charge in [-0.15, -0.1) is 0 Å². The van der Waals surface area contributed by atoms with Crippen LogP contribution in [0.4, 0.5) is 4.39 Å². The first-order chi connectivity index (χ1) is 9.88. The Morgan fingerprint density at radius 2 is 2.05 bits per heavy atom. The zero-order chi connectivity index (χ0) is 15.5. The molecule has 2 rings (SSSR count). The molecule has 0 aliphatic rings. The Kier molecular flexibility index (Phi) is 4.69. The van der Waals surface area contributed by atoms with Crippen LogP contribution < -0.4 is 4.72 Å². The van der Waals surface area contributed by atoms with Gasteiger partial charge in [0, 0.05) is 24.4 Å². The zero-order valence-corrected chi connectivity index (χ0v) is 12.7. The SMILES string of the molecule is Cc1ccc(F)c(S(=O)(=O)NC(C)Cc2ccccn2)c1. The minimum absolute atomic E-state index is 0.324. The fourth-order valence-electron chi connectivity index (χ4n) is 2.02. The lowest BCUT2D eigenvalue weighted by molar-refractivity contribution is 0.541. The van der Waals surface area contributed by atoms with Crippen LogP contribution in [0.25, 0.3) is 0 Å². The number of sulfonamides is 1. The molecule has 1 N–H and O–H groups in total. The first kappa shape index (κ1) is 15.6. The number of hydrogen-bond acceptors (Lipinski definition) is 3. The molecule has 0 bridgehead atoms. The highest BCUT2D eigenvalue weighted by molar-refractivity contribution is 7.89. The van der Waals surface area contributed by atoms with Crippen molar-refractivity contribution in [2.45, 2.75) is 31.2 Å². The topological polar surface area (TPSA) is 59.1 Å². The van der Waals surface area contributed by atoms with Gasteiger partial charge in [-0.05, 0) is 43.7 Å². The van der Waals surface area contributed by atoms with E-state index in [2.05, 4.69) is 9.71 Å². The second-order valence-electron chi connectivity index (χ2n) is 4.98. The van der Waals surface area contributed by atoms with Gasteiger partial charge >= 0.3 is 0 Å². The van der Waals surface area contributed by atoms with Crippen molar-refractivity contribution in [2.24, 2.45) is 0 Å². The second-order valence-corrected chi connectivity index (χ2v) is 6.66. The van der Waals surface area contributed by atoms with Gasteiger partial charge in [0.25, 0.3) is 0 Å². The molecule has 0 aliphatic carbocycles. The van der Waals surface area contributed by atoms with Gasteiger partial charge < -0.3 is 0 Å². The molecule has 4 nitrogen and oxygen atoms in total. The quantitative estimate of drug-likeness (QED) is 0.923. The van der Waals surface area contributed by atoms with Gasteiger partial charge in [-0.2, -0.15) is 0 Å². The molecular weight excluding hydrogens is 291 g/mol. The first-order valence-corrected chi connectivity index (χ1v) is 8.05. The molecule has 112 valence electrons. The van der Waals surface area contributed by atoms with E-state index in [-0.39, 0.29) is 10.9 Å². The highest BCUT2D eigenvalue weighted by Gasteiger charge is 2.21. The van der Waals surface area contributed by atoms with E-state index in [4.69, 9.17) is 0 Å². The Bertz CT molecular complexity index is 718. The number of aromatic nitrogens is 1. The average molecular weight is 308 g/mol. The third kappa shape index (κ3) is 4.09. The second kappa shape index (κ2) is 6.32. The van der Waals surface area contributed by atoms with Crippen LogP contribution in [0.3, 0.4) is 0 Å². The average Bonchev–Trinajstić information content (AvgIpc) is 2.41. The molecule has 0 aliphatic heterocycles. The van der Waals surface area contributed by atoms with Crippen molar-refractivity contribution in [3.8, 4) is 0 Å². The summed E-state index contributed by atoms with van der Waals surface area (Å²) in [7, 11) is -3.89. The molecular formula is C15H17FN2O2S. The summed E-state index contributed by atoms with van der Waals surface area (Å²) in [5.41, 5.74) is 1.46. The fourth-order valence-corrected chi connectivity index (χ4v) is 3.42. The molecule has 1 heterocycles. The third-order valence-electron chi connectivity index (χ3n) is 2.97. The smallest absolute Gasteiger partial charge is 0.243 e. The van der Waals surface area contributed by atoms with Crippen LogP contribution in [0.1, 0.15) is 18.2 Å². The molecule has 6 heteroatoms. The van der Waals surface area contributed by atoms with Gasteiger partial charge in [-0.1, -0.05) is 12.1 Å². The Labute approximate surface area is 124 Å². The molecule has 21 heavy (non-hydrogen) atoms. The van der Waals surface area contributed by atoms with Crippen LogP contribution in [0, 0.1) is 12.7 Å². The predicted octanol–water partition coefficient (Wildman–Crippen LogP) is 2.44. The molecule has 1 unspecified atom stereocenters. The fraction of sp³-hybridized carbons (Fsp3) is 0.267. The lowest BCUT2D eigenvalue weighted by Crippen LogP contribution is -2.34. The number of nitrogens with one attached hydrogen (secondary N) is 1. The summed E-state index contributed by atoms with van der Waals surface area (Å²) >= 11 is 0. The van der Waals surface area contributed by atoms with Crippen LogP contribution >= 0.6 is 0 Å². The molecule has 0 radical (unpaired) electrons. The highest BCUT2D eigenvalue weighted by atomic mass is 32.2. The molecule has 1 atom stereocenters. The van der Waals surface area contributed by atoms with Crippen LogP contribution in [0.15, 0.2) is 47.5 Å². The number of hydrogen-bond donors (Lipinski definition) is 1. The minimum Gasteiger partial charge on any atom is -0.261 e. The van der Waals surface area contributed by atoms with Crippen LogP contribution in [0.5, 0.6) is 0 Å². The Hall–Kier alpha value is -1.79. The van der Waals surface area contributed by atoms with E-state index in [0.717, 1.165) is 11.8 Å². The Morgan fingerprint density at radius 1 is 1.29 bits per heavy atom. The largest absolute Gasteiger partial charge is 0.261 e. The molecule has 0 saturated heterocycles. The van der Waals surface area contributed by atoms with E-state index in [1.807, 2.05) is 12.1 Å². The number of halogens is 1. The molecule has 1 aromatic heterocycles. The minimum atomic E-state index is -3.89. The maximum atomic E-state index is 13.7. The summed E-state index contributed by atoms with van der Waals surface area (Å²) in [4.78, 5) is 3.82. The van der Waals surface area contributed by atoms with Gasteiger partial charge in [0.1, 0.15) is 10.7 Å². The van der Waals surface area contributed by atoms with Crippen molar-refractivity contribution < 1.29 is 12.8 Å². The van der Waals surface area contributed by atoms with Crippen molar-refractivity contribution in [1.82, 2.24) is 9.71 Å². The predicted molar refractivity (Wildman–Crippen MR) is 78.9 cm³/mol. The standard InChI is InChI=1S/C15H17FN2O2S/c1-11-6-7-14(16)15(9-11)21(19,20)18-12(2)10-13-5-3-4-8-17-13/h3-9,12,18H,10H2,1-2H3. The summed E-state index contributed by atoms with van der Waals surface area (Å²) in [6, 6.07) is 9.08. The lowest BCUT2D eigenvalue weighted by atomic mass is 10.2. The number of nitrogens with zero attached hydrogens (tertiary/aromatic N) is 1. The third-order valence-corrected chi connectivity index (χ3v) is 4.58. The van der Waals surface area contributed by atoms with E-state index in [0.29, 0.717) is 12.0 Å². The zero-order valence-electron chi connectivity index (χ0n) is 11.9. The van der Waals surface area contributed by atoms with Crippen molar-refractivity contribution in [3.63, 3.8) is 0 Å². The van der Waals surface area contributed by atoms with Gasteiger partial charge in [0.15, 0.2) is 0 Å². The molecule has 0 spiro atoms. The normalized spacial score (nSPS) is 13.1. The Balaban J connectivity index is 2.15. The van der Waals surface area contributed by atoms with Gasteiger partial charge in [0.2, 0.25) is 10.0 Å². The number of rotatable bonds is 5. The van der Waals surface area contributed by atoms with E-state index < -0.39 is 15.8 Å². The lowest BCUT2D eigenvalue weighted by Gasteiger charge is -2.14. The molecule has 0 amide bonds. The maximum absolute atomic E-state index is 13.7. The van der Waals surface area contributed by atoms with Gasteiger partial charge in [-0.3, -0.25) is 4.98 Å². The van der Waals surface area contributed by atoms with Gasteiger partial charge in [0.05, 0.1) is 0 Å². The number of benzene rings is 1.